The van der Waals surface area contributed by atoms with Crippen LogP contribution < -0.4 is 0 Å². The van der Waals surface area contributed by atoms with Crippen molar-refractivity contribution in [3.8, 4) is 0 Å². The molecule has 1 rings (SSSR count). The molecule has 1 heteroatoms. The van der Waals surface area contributed by atoms with Crippen molar-refractivity contribution < 1.29 is 0 Å². The molecule has 15 heavy (non-hydrogen) atoms. The minimum Gasteiger partial charge on any atom is -0.293 e. The Morgan fingerprint density at radius 3 is 1.73 bits per heavy atom. The fraction of sp³-hybridized carbons (Fsp3) is 1.00. The molecule has 0 aromatic carbocycles. The first-order valence-corrected chi connectivity index (χ1v) is 6.48. The summed E-state index contributed by atoms with van der Waals surface area (Å²) in [6, 6.07) is 0. The summed E-state index contributed by atoms with van der Waals surface area (Å²) in [7, 11) is 0. The van der Waals surface area contributed by atoms with Gasteiger partial charge in [0.05, 0.1) is 0 Å². The second-order valence-electron chi connectivity index (χ2n) is 6.78. The molecule has 0 aromatic rings. The first-order valence-electron chi connectivity index (χ1n) is 6.48. The van der Waals surface area contributed by atoms with Crippen LogP contribution in [0.25, 0.3) is 0 Å². The Kier molecular flexibility index (Phi) is 3.55. The Labute approximate surface area is 96.2 Å². The van der Waals surface area contributed by atoms with E-state index in [2.05, 4.69) is 53.4 Å². The number of likely N-dealkylation sites (tertiary alicyclic amines) is 1. The van der Waals surface area contributed by atoms with E-state index in [0.29, 0.717) is 11.1 Å². The molecule has 1 fully saturated rings. The summed E-state index contributed by atoms with van der Waals surface area (Å²) in [5.74, 6) is 1.71. The third-order valence-electron chi connectivity index (χ3n) is 4.24. The van der Waals surface area contributed by atoms with Crippen molar-refractivity contribution in [1.82, 2.24) is 4.90 Å². The smallest absolute Gasteiger partial charge is 0.0161 e. The van der Waals surface area contributed by atoms with Gasteiger partial charge in [-0.25, -0.2) is 0 Å². The SMILES string of the molecule is CCN1C(C)(C)CC(C(C)C)CC1(C)C. The van der Waals surface area contributed by atoms with Crippen LogP contribution in [-0.4, -0.2) is 22.5 Å². The van der Waals surface area contributed by atoms with Crippen molar-refractivity contribution in [1.29, 1.82) is 0 Å². The van der Waals surface area contributed by atoms with E-state index in [9.17, 15) is 0 Å². The second-order valence-corrected chi connectivity index (χ2v) is 6.78. The van der Waals surface area contributed by atoms with Crippen LogP contribution in [0.1, 0.15) is 61.3 Å². The number of nitrogens with zero attached hydrogens (tertiary/aromatic N) is 1. The quantitative estimate of drug-likeness (QED) is 0.669. The molecule has 0 bridgehead atoms. The van der Waals surface area contributed by atoms with Crippen LogP contribution in [0.5, 0.6) is 0 Å². The maximum absolute atomic E-state index is 2.68. The van der Waals surface area contributed by atoms with Gasteiger partial charge < -0.3 is 0 Å². The van der Waals surface area contributed by atoms with Gasteiger partial charge in [-0.2, -0.15) is 0 Å². The summed E-state index contributed by atoms with van der Waals surface area (Å²) < 4.78 is 0. The molecule has 0 atom stereocenters. The van der Waals surface area contributed by atoms with Gasteiger partial charge >= 0.3 is 0 Å². The molecule has 1 saturated heterocycles. The zero-order valence-electron chi connectivity index (χ0n) is 11.7. The minimum atomic E-state index is 0.367. The average Bonchev–Trinajstić information content (AvgIpc) is 1.99. The molecule has 0 unspecified atom stereocenters. The monoisotopic (exact) mass is 211 g/mol. The van der Waals surface area contributed by atoms with E-state index in [0.717, 1.165) is 11.8 Å². The predicted molar refractivity (Wildman–Crippen MR) is 68.1 cm³/mol. The minimum absolute atomic E-state index is 0.367. The molecule has 1 nitrogen and oxygen atoms in total. The summed E-state index contributed by atoms with van der Waals surface area (Å²) in [6.45, 7) is 17.8. The molecular weight excluding hydrogens is 182 g/mol. The summed E-state index contributed by atoms with van der Waals surface area (Å²) in [5, 5.41) is 0. The Balaban J connectivity index is 2.90. The van der Waals surface area contributed by atoms with Gasteiger partial charge in [-0.1, -0.05) is 20.8 Å². The predicted octanol–water partition coefficient (Wildman–Crippen LogP) is 3.93. The molecule has 0 aromatic heterocycles. The summed E-state index contributed by atoms with van der Waals surface area (Å²) in [4.78, 5) is 2.68. The maximum Gasteiger partial charge on any atom is 0.0161 e. The summed E-state index contributed by atoms with van der Waals surface area (Å²) in [6.07, 6.45) is 2.70. The average molecular weight is 211 g/mol. The molecule has 1 aliphatic rings. The van der Waals surface area contributed by atoms with Crippen LogP contribution in [0.4, 0.5) is 0 Å². The van der Waals surface area contributed by atoms with Gasteiger partial charge in [-0.05, 0) is 58.9 Å². The Hall–Kier alpha value is -0.0400. The van der Waals surface area contributed by atoms with Gasteiger partial charge in [0, 0.05) is 11.1 Å². The molecule has 1 aliphatic heterocycles. The first-order chi connectivity index (χ1) is 6.70. The molecule has 0 aliphatic carbocycles. The number of rotatable bonds is 2. The van der Waals surface area contributed by atoms with Gasteiger partial charge in [0.25, 0.3) is 0 Å². The van der Waals surface area contributed by atoms with Gasteiger partial charge in [0.1, 0.15) is 0 Å². The molecule has 0 radical (unpaired) electrons. The lowest BCUT2D eigenvalue weighted by atomic mass is 9.70. The van der Waals surface area contributed by atoms with Gasteiger partial charge in [0.15, 0.2) is 0 Å². The Morgan fingerprint density at radius 2 is 1.47 bits per heavy atom. The fourth-order valence-electron chi connectivity index (χ4n) is 3.72. The highest BCUT2D eigenvalue weighted by molar-refractivity contribution is 4.99. The van der Waals surface area contributed by atoms with Crippen LogP contribution in [0.3, 0.4) is 0 Å². The van der Waals surface area contributed by atoms with E-state index in [4.69, 9.17) is 0 Å². The number of hydrogen-bond donors (Lipinski definition) is 0. The molecule has 90 valence electrons. The third-order valence-corrected chi connectivity index (χ3v) is 4.24. The van der Waals surface area contributed by atoms with Crippen LogP contribution in [-0.2, 0) is 0 Å². The van der Waals surface area contributed by atoms with Crippen molar-refractivity contribution >= 4 is 0 Å². The largest absolute Gasteiger partial charge is 0.293 e. The second kappa shape index (κ2) is 4.08. The zero-order chi connectivity index (χ0) is 11.9. The van der Waals surface area contributed by atoms with Crippen LogP contribution in [0, 0.1) is 11.8 Å². The lowest BCUT2D eigenvalue weighted by Crippen LogP contribution is -2.60. The van der Waals surface area contributed by atoms with Crippen LogP contribution in [0.15, 0.2) is 0 Å². The van der Waals surface area contributed by atoms with E-state index in [-0.39, 0.29) is 0 Å². The van der Waals surface area contributed by atoms with Gasteiger partial charge in [-0.3, -0.25) is 4.90 Å². The maximum atomic E-state index is 2.68. The third kappa shape index (κ3) is 2.55. The van der Waals surface area contributed by atoms with E-state index in [1.54, 1.807) is 0 Å². The molecule has 0 spiro atoms. The number of hydrogen-bond acceptors (Lipinski definition) is 1. The standard InChI is InChI=1S/C14H29N/c1-8-15-13(4,5)9-12(11(2)3)10-14(15,6)7/h11-12H,8-10H2,1-7H3. The van der Waals surface area contributed by atoms with Gasteiger partial charge in [0.2, 0.25) is 0 Å². The van der Waals surface area contributed by atoms with Crippen LogP contribution in [0.2, 0.25) is 0 Å². The molecular formula is C14H29N. The van der Waals surface area contributed by atoms with Crippen molar-refractivity contribution in [2.75, 3.05) is 6.54 Å². The molecule has 0 saturated carbocycles. The van der Waals surface area contributed by atoms with Crippen molar-refractivity contribution in [3.05, 3.63) is 0 Å². The summed E-state index contributed by atoms with van der Waals surface area (Å²) in [5.41, 5.74) is 0.733. The molecule has 0 amide bonds. The lowest BCUT2D eigenvalue weighted by molar-refractivity contribution is -0.0567. The fourth-order valence-corrected chi connectivity index (χ4v) is 3.72. The highest BCUT2D eigenvalue weighted by Crippen LogP contribution is 2.43. The summed E-state index contributed by atoms with van der Waals surface area (Å²) >= 11 is 0. The van der Waals surface area contributed by atoms with Crippen molar-refractivity contribution in [2.24, 2.45) is 11.8 Å². The van der Waals surface area contributed by atoms with E-state index < -0.39 is 0 Å². The van der Waals surface area contributed by atoms with Crippen molar-refractivity contribution in [3.63, 3.8) is 0 Å². The lowest BCUT2D eigenvalue weighted by Gasteiger charge is -2.56. The topological polar surface area (TPSA) is 3.24 Å². The highest BCUT2D eigenvalue weighted by Gasteiger charge is 2.44. The normalized spacial score (nSPS) is 27.2. The van der Waals surface area contributed by atoms with E-state index in [1.807, 2.05) is 0 Å². The Bertz CT molecular complexity index is 197. The van der Waals surface area contributed by atoms with Gasteiger partial charge in [-0.15, -0.1) is 0 Å². The molecule has 1 heterocycles. The first kappa shape index (κ1) is 13.0. The van der Waals surface area contributed by atoms with Crippen LogP contribution >= 0.6 is 0 Å². The number of piperidine rings is 1. The highest BCUT2D eigenvalue weighted by atomic mass is 15.3. The van der Waals surface area contributed by atoms with Crippen molar-refractivity contribution in [2.45, 2.75) is 72.4 Å². The zero-order valence-corrected chi connectivity index (χ0v) is 11.7. The van der Waals surface area contributed by atoms with E-state index >= 15 is 0 Å². The van der Waals surface area contributed by atoms with E-state index in [1.165, 1.54) is 19.4 Å². The Morgan fingerprint density at radius 1 is 1.07 bits per heavy atom. The molecule has 0 N–H and O–H groups in total.